The molecule has 2 atom stereocenters. The lowest BCUT2D eigenvalue weighted by Crippen LogP contribution is -2.46. The van der Waals surface area contributed by atoms with Crippen molar-refractivity contribution in [3.63, 3.8) is 0 Å². The number of nitrogens with zero attached hydrogens (tertiary/aromatic N) is 2. The molecule has 2 heterocycles. The van der Waals surface area contributed by atoms with E-state index in [0.29, 0.717) is 12.3 Å². The average molecular weight is 484 g/mol. The Bertz CT molecular complexity index is 1260. The van der Waals surface area contributed by atoms with Gasteiger partial charge in [0.25, 0.3) is 5.91 Å². The number of hydrogen-bond donors (Lipinski definition) is 1. The molecule has 0 aromatic heterocycles. The number of hydrogen-bond acceptors (Lipinski definition) is 4. The highest BCUT2D eigenvalue weighted by Gasteiger charge is 2.38. The number of ether oxygens (including phenoxy) is 1. The summed E-state index contributed by atoms with van der Waals surface area (Å²) >= 11 is 0. The van der Waals surface area contributed by atoms with Crippen LogP contribution in [0.25, 0.3) is 0 Å². The van der Waals surface area contributed by atoms with Crippen molar-refractivity contribution in [2.75, 3.05) is 30.0 Å². The molecule has 36 heavy (non-hydrogen) atoms. The molecule has 0 aliphatic carbocycles. The van der Waals surface area contributed by atoms with Crippen molar-refractivity contribution in [2.24, 2.45) is 5.92 Å². The van der Waals surface area contributed by atoms with Gasteiger partial charge in [-0.25, -0.2) is 0 Å². The van der Waals surface area contributed by atoms with Crippen molar-refractivity contribution in [1.29, 1.82) is 0 Å². The second-order valence-corrected chi connectivity index (χ2v) is 9.18. The summed E-state index contributed by atoms with van der Waals surface area (Å²) < 4.78 is 5.19. The van der Waals surface area contributed by atoms with E-state index in [1.807, 2.05) is 54.6 Å². The maximum Gasteiger partial charge on any atom is 0.254 e. The van der Waals surface area contributed by atoms with Crippen LogP contribution in [0.4, 0.5) is 11.4 Å². The molecule has 0 saturated carbocycles. The van der Waals surface area contributed by atoms with Gasteiger partial charge < -0.3 is 19.9 Å². The van der Waals surface area contributed by atoms with Crippen LogP contribution >= 0.6 is 0 Å². The molecule has 1 fully saturated rings. The van der Waals surface area contributed by atoms with Crippen LogP contribution in [0.2, 0.25) is 0 Å². The number of aryl methyl sites for hydroxylation is 1. The zero-order valence-corrected chi connectivity index (χ0v) is 20.2. The van der Waals surface area contributed by atoms with Crippen LogP contribution in [-0.2, 0) is 20.8 Å². The molecule has 0 unspecified atom stereocenters. The van der Waals surface area contributed by atoms with E-state index in [2.05, 4.69) is 5.32 Å². The van der Waals surface area contributed by atoms with Crippen molar-refractivity contribution >= 4 is 29.1 Å². The smallest absolute Gasteiger partial charge is 0.254 e. The first-order chi connectivity index (χ1) is 17.5. The molecule has 0 bridgehead atoms. The van der Waals surface area contributed by atoms with Crippen molar-refractivity contribution < 1.29 is 19.1 Å². The van der Waals surface area contributed by atoms with Crippen molar-refractivity contribution in [2.45, 2.75) is 25.3 Å². The van der Waals surface area contributed by atoms with Gasteiger partial charge in [-0.15, -0.1) is 0 Å². The van der Waals surface area contributed by atoms with Gasteiger partial charge in [0.1, 0.15) is 11.8 Å². The van der Waals surface area contributed by atoms with E-state index in [9.17, 15) is 14.4 Å². The molecular formula is C29H29N3O4. The van der Waals surface area contributed by atoms with Crippen LogP contribution in [0.15, 0.2) is 78.9 Å². The Labute approximate surface area is 210 Å². The molecule has 1 saturated heterocycles. The Morgan fingerprint density at radius 1 is 0.972 bits per heavy atom. The summed E-state index contributed by atoms with van der Waals surface area (Å²) in [7, 11) is 1.59. The Morgan fingerprint density at radius 2 is 1.69 bits per heavy atom. The fraction of sp³-hybridized carbons (Fsp3) is 0.276. The highest BCUT2D eigenvalue weighted by molar-refractivity contribution is 6.03. The van der Waals surface area contributed by atoms with Gasteiger partial charge in [-0.2, -0.15) is 0 Å². The molecule has 1 N–H and O–H groups in total. The van der Waals surface area contributed by atoms with E-state index in [1.54, 1.807) is 41.2 Å². The molecule has 3 aromatic rings. The Hall–Kier alpha value is -4.13. The van der Waals surface area contributed by atoms with Gasteiger partial charge >= 0.3 is 0 Å². The van der Waals surface area contributed by atoms with Gasteiger partial charge in [0.2, 0.25) is 11.8 Å². The van der Waals surface area contributed by atoms with Crippen molar-refractivity contribution in [3.05, 3.63) is 90.0 Å². The standard InChI is InChI=1S/C29H29N3O4/c1-36-24-15-13-23(14-16-24)32-19-22(18-26(32)33)28(34)30-27(21-9-3-2-4-10-21)29(35)31-17-7-11-20-8-5-6-12-25(20)31/h2-6,8-10,12-16,22,27H,7,11,17-19H2,1H3,(H,30,34)/t22-,27-/m0/s1. The third-order valence-electron chi connectivity index (χ3n) is 6.92. The number of methoxy groups -OCH3 is 1. The van der Waals surface area contributed by atoms with Crippen LogP contribution in [0.3, 0.4) is 0 Å². The summed E-state index contributed by atoms with van der Waals surface area (Å²) in [5, 5.41) is 2.98. The molecule has 2 aliphatic heterocycles. The van der Waals surface area contributed by atoms with Gasteiger partial charge in [0.15, 0.2) is 0 Å². The number of para-hydroxylation sites is 1. The first-order valence-corrected chi connectivity index (χ1v) is 12.2. The lowest BCUT2D eigenvalue weighted by atomic mass is 9.98. The van der Waals surface area contributed by atoms with Gasteiger partial charge in [0.05, 0.1) is 13.0 Å². The van der Waals surface area contributed by atoms with Crippen molar-refractivity contribution in [1.82, 2.24) is 5.32 Å². The molecule has 3 amide bonds. The molecule has 2 aliphatic rings. The van der Waals surface area contributed by atoms with Gasteiger partial charge in [-0.05, 0) is 54.3 Å². The third-order valence-corrected chi connectivity index (χ3v) is 6.92. The lowest BCUT2D eigenvalue weighted by molar-refractivity contribution is -0.130. The number of rotatable bonds is 6. The lowest BCUT2D eigenvalue weighted by Gasteiger charge is -2.33. The summed E-state index contributed by atoms with van der Waals surface area (Å²) in [6.07, 6.45) is 1.89. The maximum absolute atomic E-state index is 13.8. The SMILES string of the molecule is COc1ccc(N2C[C@@H](C(=O)N[C@H](C(=O)N3CCCc4ccccc43)c3ccccc3)CC2=O)cc1. The summed E-state index contributed by atoms with van der Waals surface area (Å²) in [4.78, 5) is 43.4. The second kappa shape index (κ2) is 10.2. The monoisotopic (exact) mass is 483 g/mol. The topological polar surface area (TPSA) is 79.0 Å². The Morgan fingerprint density at radius 3 is 2.44 bits per heavy atom. The van der Waals surface area contributed by atoms with Crippen LogP contribution in [0.5, 0.6) is 5.75 Å². The summed E-state index contributed by atoms with van der Waals surface area (Å²) in [5.74, 6) is -0.437. The van der Waals surface area contributed by atoms with E-state index in [0.717, 1.165) is 35.3 Å². The minimum atomic E-state index is -0.838. The summed E-state index contributed by atoms with van der Waals surface area (Å²) in [6, 6.07) is 23.6. The number of carbonyl (C=O) groups excluding carboxylic acids is 3. The number of anilines is 2. The maximum atomic E-state index is 13.8. The summed E-state index contributed by atoms with van der Waals surface area (Å²) in [5.41, 5.74) is 3.46. The first-order valence-electron chi connectivity index (χ1n) is 12.2. The predicted molar refractivity (Wildman–Crippen MR) is 138 cm³/mol. The third kappa shape index (κ3) is 4.69. The molecular weight excluding hydrogens is 454 g/mol. The largest absolute Gasteiger partial charge is 0.497 e. The molecule has 7 nitrogen and oxygen atoms in total. The molecule has 0 spiro atoms. The number of fused-ring (bicyclic) bond motifs is 1. The number of carbonyl (C=O) groups is 3. The molecule has 184 valence electrons. The zero-order valence-electron chi connectivity index (χ0n) is 20.2. The highest BCUT2D eigenvalue weighted by Crippen LogP contribution is 2.31. The van der Waals surface area contributed by atoms with Crippen LogP contribution < -0.4 is 19.9 Å². The van der Waals surface area contributed by atoms with E-state index in [1.165, 1.54) is 0 Å². The molecule has 3 aromatic carbocycles. The van der Waals surface area contributed by atoms with E-state index in [4.69, 9.17) is 4.74 Å². The van der Waals surface area contributed by atoms with Crippen LogP contribution in [0.1, 0.15) is 30.0 Å². The highest BCUT2D eigenvalue weighted by atomic mass is 16.5. The molecule has 7 heteroatoms. The van der Waals surface area contributed by atoms with Gasteiger partial charge in [-0.1, -0.05) is 48.5 Å². The molecule has 5 rings (SSSR count). The Kier molecular flexibility index (Phi) is 6.71. The number of amides is 3. The zero-order chi connectivity index (χ0) is 25.1. The number of nitrogens with one attached hydrogen (secondary N) is 1. The first kappa shape index (κ1) is 23.6. The van der Waals surface area contributed by atoms with E-state index < -0.39 is 12.0 Å². The van der Waals surface area contributed by atoms with Crippen LogP contribution in [0, 0.1) is 5.92 Å². The number of benzene rings is 3. The minimum Gasteiger partial charge on any atom is -0.497 e. The van der Waals surface area contributed by atoms with Crippen LogP contribution in [-0.4, -0.2) is 37.9 Å². The molecule has 0 radical (unpaired) electrons. The fourth-order valence-electron chi connectivity index (χ4n) is 5.01. The second-order valence-electron chi connectivity index (χ2n) is 9.18. The fourth-order valence-corrected chi connectivity index (χ4v) is 5.01. The van der Waals surface area contributed by atoms with Gasteiger partial charge in [0, 0.05) is 30.9 Å². The summed E-state index contributed by atoms with van der Waals surface area (Å²) in [6.45, 7) is 0.863. The van der Waals surface area contributed by atoms with E-state index in [-0.39, 0.29) is 30.7 Å². The average Bonchev–Trinajstić information content (AvgIpc) is 3.33. The minimum absolute atomic E-state index is 0.0973. The van der Waals surface area contributed by atoms with Gasteiger partial charge in [-0.3, -0.25) is 14.4 Å². The quantitative estimate of drug-likeness (QED) is 0.577. The normalized spacial score (nSPS) is 17.9. The Balaban J connectivity index is 1.36. The van der Waals surface area contributed by atoms with E-state index >= 15 is 0 Å². The predicted octanol–water partition coefficient (Wildman–Crippen LogP) is 3.89. The van der Waals surface area contributed by atoms with Crippen molar-refractivity contribution in [3.8, 4) is 5.75 Å².